The zero-order valence-corrected chi connectivity index (χ0v) is 52.9. The molecule has 0 saturated carbocycles. The van der Waals surface area contributed by atoms with Crippen LogP contribution in [0.1, 0.15) is 0 Å². The average molecular weight is 1680 g/mol. The molecule has 7 aromatic carbocycles. The summed E-state index contributed by atoms with van der Waals surface area (Å²) in [7, 11) is 0. The van der Waals surface area contributed by atoms with Crippen molar-refractivity contribution < 1.29 is 74.1 Å². The number of rotatable bonds is 27. The molecule has 18 nitrogen and oxygen atoms in total. The second-order valence-corrected chi connectivity index (χ2v) is 31.9. The second kappa shape index (κ2) is 30.0. The molecule has 7 rings (SSSR count). The Morgan fingerprint density at radius 2 is 0.358 bits per heavy atom. The van der Waals surface area contributed by atoms with Crippen molar-refractivity contribution in [2.75, 3.05) is 0 Å². The second-order valence-electron chi connectivity index (χ2n) is 15.6. The summed E-state index contributed by atoms with van der Waals surface area (Å²) >= 11 is -12.9. The molecule has 0 atom stereocenters. The van der Waals surface area contributed by atoms with Gasteiger partial charge >= 0.3 is 496 Å². The molecule has 0 aromatic heterocycles. The van der Waals surface area contributed by atoms with Crippen molar-refractivity contribution in [1.82, 2.24) is 0 Å². The van der Waals surface area contributed by atoms with Gasteiger partial charge in [0.2, 0.25) is 0 Å². The van der Waals surface area contributed by atoms with Crippen LogP contribution < -0.4 is 55.1 Å². The molecule has 21 heteroatoms. The fourth-order valence-corrected chi connectivity index (χ4v) is 27.2. The summed E-state index contributed by atoms with van der Waals surface area (Å²) in [6, 6.07) is 43.5. The van der Waals surface area contributed by atoms with Gasteiger partial charge in [0.05, 0.1) is 0 Å². The third-order valence-corrected chi connectivity index (χ3v) is 26.6. The van der Waals surface area contributed by atoms with E-state index in [0.717, 1.165) is 36.5 Å². The van der Waals surface area contributed by atoms with Gasteiger partial charge in [0, 0.05) is 0 Å². The minimum absolute atomic E-state index is 0.225. The molecule has 0 aliphatic rings. The van der Waals surface area contributed by atoms with Crippen molar-refractivity contribution in [2.24, 2.45) is 0 Å². The molecule has 0 aliphatic carbocycles. The van der Waals surface area contributed by atoms with E-state index in [0.29, 0.717) is 44.3 Å². The van der Waals surface area contributed by atoms with Crippen molar-refractivity contribution >= 4 is 114 Å². The first-order valence-corrected chi connectivity index (χ1v) is 37.2. The number of hydrogen-bond donors (Lipinski definition) is 0. The molecule has 0 saturated heterocycles. The van der Waals surface area contributed by atoms with E-state index >= 15 is 0 Å². The summed E-state index contributed by atoms with van der Waals surface area (Å²) in [5, 5.41) is 0. The van der Waals surface area contributed by atoms with Gasteiger partial charge in [0.1, 0.15) is 0 Å². The first-order chi connectivity index (χ1) is 39.2. The topological polar surface area (TPSA) is 213 Å². The molecule has 0 unspecified atom stereocenters. The van der Waals surface area contributed by atoms with Crippen LogP contribution >= 0.6 is 0 Å². The molecule has 7 aromatic rings. The van der Waals surface area contributed by atoms with E-state index in [4.69, 9.17) is 45.3 Å². The van der Waals surface area contributed by atoms with Crippen LogP contribution in [-0.4, -0.2) is 104 Å². The van der Waals surface area contributed by atoms with E-state index in [9.17, 15) is 28.8 Å². The van der Waals surface area contributed by atoms with Gasteiger partial charge in [-0.15, -0.1) is 0 Å². The van der Waals surface area contributed by atoms with Crippen molar-refractivity contribution in [2.45, 2.75) is 0 Å². The van der Waals surface area contributed by atoms with E-state index in [1.54, 1.807) is 146 Å². The molecule has 0 N–H and O–H groups in total. The third kappa shape index (κ3) is 18.7. The Bertz CT molecular complexity index is 2860. The van der Waals surface area contributed by atoms with Crippen LogP contribution in [-0.2, 0) is 28.8 Å². The number of ether oxygens (including phenoxy) is 6. The monoisotopic (exact) mass is 1680 g/mol. The first kappa shape index (κ1) is 59.9. The van der Waals surface area contributed by atoms with Crippen LogP contribution in [0.25, 0.3) is 0 Å². The van der Waals surface area contributed by atoms with Gasteiger partial charge in [0.15, 0.2) is 0 Å². The first-order valence-electron chi connectivity index (χ1n) is 23.5. The zero-order valence-electron chi connectivity index (χ0n) is 42.5. The molecule has 0 heterocycles. The average Bonchev–Trinajstić information content (AvgIpc) is 3.50. The molecule has 0 amide bonds. The summed E-state index contributed by atoms with van der Waals surface area (Å²) in [5.41, 5.74) is 0. The van der Waals surface area contributed by atoms with Crippen LogP contribution in [0.5, 0.6) is 69.0 Å². The van der Waals surface area contributed by atoms with E-state index in [-0.39, 0.29) is 34.5 Å². The van der Waals surface area contributed by atoms with Gasteiger partial charge in [-0.3, -0.25) is 0 Å². The predicted octanol–water partition coefficient (Wildman–Crippen LogP) is 7.79. The molecule has 408 valence electrons. The minimum atomic E-state index is -4.29. The Kier molecular flexibility index (Phi) is 22.2. The quantitative estimate of drug-likeness (QED) is 0.0208. The number of carbonyl (C=O) groups is 6. The van der Waals surface area contributed by atoms with E-state index < -0.39 is 104 Å². The van der Waals surface area contributed by atoms with E-state index in [2.05, 4.69) is 39.5 Å². The zero-order chi connectivity index (χ0) is 57.7. The Labute approximate surface area is 492 Å². The van der Waals surface area contributed by atoms with Crippen molar-refractivity contribution in [3.05, 3.63) is 240 Å². The molecular weight excluding hydrogens is 1640 g/mol. The van der Waals surface area contributed by atoms with Crippen LogP contribution in [0.3, 0.4) is 0 Å². The van der Waals surface area contributed by atoms with Crippen LogP contribution in [0, 0.1) is 0 Å². The van der Waals surface area contributed by atoms with Gasteiger partial charge in [-0.25, -0.2) is 0 Å². The summed E-state index contributed by atoms with van der Waals surface area (Å²) < 4.78 is 74.9. The molecule has 0 spiro atoms. The summed E-state index contributed by atoms with van der Waals surface area (Å²) in [4.78, 5) is 72.6. The van der Waals surface area contributed by atoms with Crippen molar-refractivity contribution in [3.63, 3.8) is 0 Å². The van der Waals surface area contributed by atoms with Crippen LogP contribution in [0.15, 0.2) is 240 Å². The van der Waals surface area contributed by atoms with Crippen molar-refractivity contribution in [3.8, 4) is 69.0 Å². The van der Waals surface area contributed by atoms with Gasteiger partial charge in [-0.2, -0.15) is 0 Å². The molecule has 0 bridgehead atoms. The summed E-state index contributed by atoms with van der Waals surface area (Å²) in [6.45, 7) is 20.8. The molecular formula is C60H45Bi3O18. The molecule has 0 radical (unpaired) electrons. The van der Waals surface area contributed by atoms with Crippen molar-refractivity contribution in [1.29, 1.82) is 0 Å². The molecule has 0 fully saturated rings. The van der Waals surface area contributed by atoms with Gasteiger partial charge in [0.25, 0.3) is 0 Å². The van der Waals surface area contributed by atoms with Gasteiger partial charge < -0.3 is 0 Å². The predicted molar refractivity (Wildman–Crippen MR) is 300 cm³/mol. The number of benzene rings is 7. The molecule has 0 aliphatic heterocycles. The summed E-state index contributed by atoms with van der Waals surface area (Å²) in [5.74, 6) is -0.561. The third-order valence-electron chi connectivity index (χ3n) is 9.90. The van der Waals surface area contributed by atoms with Crippen LogP contribution in [0.4, 0.5) is 0 Å². The Hall–Kier alpha value is -8.75. The van der Waals surface area contributed by atoms with Crippen LogP contribution in [0.2, 0.25) is 0 Å². The Balaban J connectivity index is 1.42. The normalized spacial score (nSPS) is 10.4. The standard InChI is InChI=1S/6C9H8O3.C6H3.3Bi/c6*1-2-9(11)12-8-5-3-7(10)4-6-8;1-2-4-6-5-3-1;;;/h6*2-6,10H,1H2;1,4-5H;;;/q;;;;;;;3*+2/p-6. The molecule has 81 heavy (non-hydrogen) atoms. The maximum atomic E-state index is 12.1. The SMILES string of the molecule is C=CC(=O)Oc1ccc([O][Bi]([O]c2ccc(OC(=O)C=C)cc2)[c]2c[c]([Bi]([O]c3ccc(OC(=O)C=C)cc3)[O]c3ccc(OC(=O)C=C)cc3)c[c]([Bi]([O]c3ccc(OC(=O)C=C)cc3)[O]c3ccc(OC(=O)C=C)cc3)c2)cc1. The van der Waals surface area contributed by atoms with Gasteiger partial charge in [-0.05, 0) is 0 Å². The van der Waals surface area contributed by atoms with E-state index in [1.807, 2.05) is 18.2 Å². The fourth-order valence-electron chi connectivity index (χ4n) is 6.20. The number of carbonyl (C=O) groups excluding carboxylic acids is 6. The Morgan fingerprint density at radius 1 is 0.235 bits per heavy atom. The van der Waals surface area contributed by atoms with Gasteiger partial charge in [-0.1, -0.05) is 0 Å². The van der Waals surface area contributed by atoms with E-state index in [1.165, 1.54) is 0 Å². The fraction of sp³-hybridized carbons (Fsp3) is 0. The Morgan fingerprint density at radius 3 is 0.481 bits per heavy atom. The summed E-state index contributed by atoms with van der Waals surface area (Å²) in [6.07, 6.45) is 6.21. The number of esters is 6. The number of hydrogen-bond acceptors (Lipinski definition) is 18. The maximum absolute atomic E-state index is 12.1.